The number of anilines is 1. The molecule has 4 rings (SSSR count). The molecule has 26 heavy (non-hydrogen) atoms. The molecule has 1 aliphatic rings. The van der Waals surface area contributed by atoms with Gasteiger partial charge in [-0.3, -0.25) is 9.36 Å². The van der Waals surface area contributed by atoms with Crippen molar-refractivity contribution in [2.24, 2.45) is 0 Å². The lowest BCUT2D eigenvalue weighted by molar-refractivity contribution is 0.0751. The number of carbonyl (C=O) groups is 1. The Hall–Kier alpha value is -2.26. The monoisotopic (exact) mass is 432 g/mol. The molecule has 1 aliphatic heterocycles. The zero-order valence-electron chi connectivity index (χ0n) is 14.2. The highest BCUT2D eigenvalue weighted by Crippen LogP contribution is 2.23. The maximum Gasteiger partial charge on any atom is 0.264 e. The molecule has 0 spiro atoms. The van der Waals surface area contributed by atoms with Crippen LogP contribution in [-0.2, 0) is 0 Å². The fourth-order valence-electron chi connectivity index (χ4n) is 2.95. The van der Waals surface area contributed by atoms with Gasteiger partial charge in [0.2, 0.25) is 0 Å². The molecule has 0 aliphatic carbocycles. The van der Waals surface area contributed by atoms with E-state index in [1.165, 1.54) is 11.3 Å². The Kier molecular flexibility index (Phi) is 4.73. The third-order valence-electron chi connectivity index (χ3n) is 4.25. The van der Waals surface area contributed by atoms with Crippen molar-refractivity contribution in [3.63, 3.8) is 0 Å². The lowest BCUT2D eigenvalue weighted by Crippen LogP contribution is -2.49. The second kappa shape index (κ2) is 7.16. The van der Waals surface area contributed by atoms with E-state index in [1.54, 1.807) is 12.5 Å². The number of hydrogen-bond acceptors (Lipinski definition) is 6. The van der Waals surface area contributed by atoms with E-state index >= 15 is 0 Å². The molecular formula is C17H17BrN6OS. The van der Waals surface area contributed by atoms with Crippen molar-refractivity contribution < 1.29 is 4.79 Å². The third-order valence-corrected chi connectivity index (χ3v) is 5.93. The molecule has 0 bridgehead atoms. The van der Waals surface area contributed by atoms with Gasteiger partial charge in [0.05, 0.1) is 4.88 Å². The second-order valence-corrected chi connectivity index (χ2v) is 7.84. The van der Waals surface area contributed by atoms with E-state index in [-0.39, 0.29) is 5.91 Å². The second-order valence-electron chi connectivity index (χ2n) is 6.01. The van der Waals surface area contributed by atoms with Gasteiger partial charge in [-0.15, -0.1) is 11.3 Å². The van der Waals surface area contributed by atoms with E-state index < -0.39 is 0 Å². The standard InChI is InChI=1S/C17H17BrN6OS/c1-12-20-15(9-16(21-12)24-3-2-19-11-24)22-4-6-23(7-5-22)17(25)14-8-13(18)10-26-14/h2-3,8-11H,4-7H2,1H3. The Morgan fingerprint density at radius 3 is 2.58 bits per heavy atom. The van der Waals surface area contributed by atoms with E-state index in [4.69, 9.17) is 0 Å². The van der Waals surface area contributed by atoms with Gasteiger partial charge >= 0.3 is 0 Å². The van der Waals surface area contributed by atoms with Crippen molar-refractivity contribution in [2.45, 2.75) is 6.92 Å². The minimum Gasteiger partial charge on any atom is -0.353 e. The number of nitrogens with zero attached hydrogens (tertiary/aromatic N) is 6. The normalized spacial score (nSPS) is 14.7. The Morgan fingerprint density at radius 1 is 1.15 bits per heavy atom. The van der Waals surface area contributed by atoms with Crippen LogP contribution in [-0.4, -0.2) is 56.5 Å². The van der Waals surface area contributed by atoms with E-state index in [0.717, 1.165) is 34.1 Å². The fourth-order valence-corrected chi connectivity index (χ4v) is 4.34. The summed E-state index contributed by atoms with van der Waals surface area (Å²) < 4.78 is 2.82. The third kappa shape index (κ3) is 3.49. The molecule has 3 aromatic rings. The molecule has 3 aromatic heterocycles. The summed E-state index contributed by atoms with van der Waals surface area (Å²) in [7, 11) is 0. The molecule has 134 valence electrons. The molecule has 4 heterocycles. The quantitative estimate of drug-likeness (QED) is 0.636. The summed E-state index contributed by atoms with van der Waals surface area (Å²) in [6, 6.07) is 3.84. The average molecular weight is 433 g/mol. The molecule has 0 saturated carbocycles. The van der Waals surface area contributed by atoms with Crippen LogP contribution in [0, 0.1) is 6.92 Å². The number of hydrogen-bond donors (Lipinski definition) is 0. The number of carbonyl (C=O) groups excluding carboxylic acids is 1. The van der Waals surface area contributed by atoms with Crippen molar-refractivity contribution in [2.75, 3.05) is 31.1 Å². The van der Waals surface area contributed by atoms with Gasteiger partial charge in [-0.2, -0.15) is 0 Å². The van der Waals surface area contributed by atoms with E-state index in [2.05, 4.69) is 35.8 Å². The lowest BCUT2D eigenvalue weighted by Gasteiger charge is -2.35. The average Bonchev–Trinajstić information content (AvgIpc) is 3.32. The molecule has 0 atom stereocenters. The zero-order chi connectivity index (χ0) is 18.1. The molecule has 1 fully saturated rings. The number of piperazine rings is 1. The fraction of sp³-hybridized carbons (Fsp3) is 0.294. The summed E-state index contributed by atoms with van der Waals surface area (Å²) in [6.45, 7) is 4.74. The number of aryl methyl sites for hydroxylation is 1. The smallest absolute Gasteiger partial charge is 0.264 e. The summed E-state index contributed by atoms with van der Waals surface area (Å²) in [5, 5.41) is 1.94. The number of halogens is 1. The Bertz CT molecular complexity index is 917. The van der Waals surface area contributed by atoms with E-state index in [0.29, 0.717) is 18.9 Å². The summed E-state index contributed by atoms with van der Waals surface area (Å²) in [6.07, 6.45) is 5.31. The van der Waals surface area contributed by atoms with Gasteiger partial charge in [-0.1, -0.05) is 0 Å². The SMILES string of the molecule is Cc1nc(N2CCN(C(=O)c3cc(Br)cs3)CC2)cc(-n2ccnc2)n1. The summed E-state index contributed by atoms with van der Waals surface area (Å²) in [5.41, 5.74) is 0. The number of amides is 1. The van der Waals surface area contributed by atoms with Gasteiger partial charge < -0.3 is 9.80 Å². The molecule has 0 radical (unpaired) electrons. The highest BCUT2D eigenvalue weighted by Gasteiger charge is 2.24. The van der Waals surface area contributed by atoms with Crippen LogP contribution in [0.4, 0.5) is 5.82 Å². The van der Waals surface area contributed by atoms with E-state index in [9.17, 15) is 4.79 Å². The number of thiophene rings is 1. The van der Waals surface area contributed by atoms with Gasteiger partial charge in [-0.25, -0.2) is 15.0 Å². The van der Waals surface area contributed by atoms with Gasteiger partial charge in [0.15, 0.2) is 0 Å². The predicted molar refractivity (Wildman–Crippen MR) is 104 cm³/mol. The van der Waals surface area contributed by atoms with Gasteiger partial charge in [0.1, 0.15) is 23.8 Å². The topological polar surface area (TPSA) is 67.2 Å². The highest BCUT2D eigenvalue weighted by atomic mass is 79.9. The molecule has 0 N–H and O–H groups in total. The molecular weight excluding hydrogens is 416 g/mol. The van der Waals surface area contributed by atoms with Crippen LogP contribution in [0.1, 0.15) is 15.5 Å². The first kappa shape index (κ1) is 17.2. The van der Waals surface area contributed by atoms with Crippen molar-refractivity contribution in [1.82, 2.24) is 24.4 Å². The molecule has 9 heteroatoms. The van der Waals surface area contributed by atoms with Crippen LogP contribution in [0.5, 0.6) is 0 Å². The highest BCUT2D eigenvalue weighted by molar-refractivity contribution is 9.10. The van der Waals surface area contributed by atoms with Crippen molar-refractivity contribution in [1.29, 1.82) is 0 Å². The van der Waals surface area contributed by atoms with Crippen molar-refractivity contribution in [3.8, 4) is 5.82 Å². The predicted octanol–water partition coefficient (Wildman–Crippen LogP) is 2.76. The first-order valence-electron chi connectivity index (χ1n) is 8.22. The van der Waals surface area contributed by atoms with Gasteiger partial charge in [0, 0.05) is 54.5 Å². The van der Waals surface area contributed by atoms with Crippen LogP contribution in [0.15, 0.2) is 40.7 Å². The zero-order valence-corrected chi connectivity index (χ0v) is 16.6. The summed E-state index contributed by atoms with van der Waals surface area (Å²) >= 11 is 4.88. The number of aromatic nitrogens is 4. The van der Waals surface area contributed by atoms with Crippen molar-refractivity contribution in [3.05, 3.63) is 51.4 Å². The minimum absolute atomic E-state index is 0.0957. The van der Waals surface area contributed by atoms with Crippen LogP contribution < -0.4 is 4.90 Å². The van der Waals surface area contributed by atoms with Crippen molar-refractivity contribution >= 4 is 39.0 Å². The van der Waals surface area contributed by atoms with Gasteiger partial charge in [0.25, 0.3) is 5.91 Å². The molecule has 1 saturated heterocycles. The maximum absolute atomic E-state index is 12.6. The first-order chi connectivity index (χ1) is 12.6. The first-order valence-corrected chi connectivity index (χ1v) is 9.90. The summed E-state index contributed by atoms with van der Waals surface area (Å²) in [4.78, 5) is 30.6. The molecule has 0 unspecified atom stereocenters. The van der Waals surface area contributed by atoms with Crippen LogP contribution >= 0.6 is 27.3 Å². The molecule has 7 nitrogen and oxygen atoms in total. The number of rotatable bonds is 3. The van der Waals surface area contributed by atoms with Crippen LogP contribution in [0.2, 0.25) is 0 Å². The summed E-state index contributed by atoms with van der Waals surface area (Å²) in [5.74, 6) is 2.49. The van der Waals surface area contributed by atoms with Crippen LogP contribution in [0.25, 0.3) is 5.82 Å². The Balaban J connectivity index is 1.47. The van der Waals surface area contributed by atoms with E-state index in [1.807, 2.05) is 40.1 Å². The minimum atomic E-state index is 0.0957. The lowest BCUT2D eigenvalue weighted by atomic mass is 10.3. The maximum atomic E-state index is 12.6. The molecule has 0 aromatic carbocycles. The number of imidazole rings is 1. The Labute approximate surface area is 163 Å². The largest absolute Gasteiger partial charge is 0.353 e. The van der Waals surface area contributed by atoms with Gasteiger partial charge in [-0.05, 0) is 28.9 Å². The molecule has 1 amide bonds. The Morgan fingerprint density at radius 2 is 1.92 bits per heavy atom. The van der Waals surface area contributed by atoms with Crippen LogP contribution in [0.3, 0.4) is 0 Å².